The molecule has 24 heavy (non-hydrogen) atoms. The molecule has 0 aliphatic carbocycles. The standard InChI is InChI=1S/C18H12Cl2N2OS/c19-13-8-5-12(6-9-13)7-10-17(23)22-18-21-16(11-24-18)14-3-1-2-4-15(14)20/h1-11H,(H,21,22,23). The van der Waals surface area contributed by atoms with Crippen LogP contribution in [0.2, 0.25) is 10.0 Å². The summed E-state index contributed by atoms with van der Waals surface area (Å²) in [5.41, 5.74) is 2.47. The first-order chi connectivity index (χ1) is 11.6. The second-order valence-corrected chi connectivity index (χ2v) is 6.59. The number of nitrogens with one attached hydrogen (secondary N) is 1. The summed E-state index contributed by atoms with van der Waals surface area (Å²) in [6, 6.07) is 14.7. The summed E-state index contributed by atoms with van der Waals surface area (Å²) in [6.07, 6.45) is 3.17. The first-order valence-electron chi connectivity index (χ1n) is 7.07. The van der Waals surface area contributed by atoms with E-state index < -0.39 is 0 Å². The molecule has 0 radical (unpaired) electrons. The fourth-order valence-electron chi connectivity index (χ4n) is 2.02. The molecule has 0 saturated carbocycles. The average Bonchev–Trinajstić information content (AvgIpc) is 3.03. The van der Waals surface area contributed by atoms with E-state index in [9.17, 15) is 4.79 Å². The molecule has 0 spiro atoms. The van der Waals surface area contributed by atoms with Gasteiger partial charge in [-0.3, -0.25) is 10.1 Å². The minimum Gasteiger partial charge on any atom is -0.298 e. The number of amides is 1. The van der Waals surface area contributed by atoms with Crippen LogP contribution in [-0.4, -0.2) is 10.9 Å². The number of carbonyl (C=O) groups is 1. The molecule has 1 amide bonds. The molecule has 3 rings (SSSR count). The SMILES string of the molecule is O=C(C=Cc1ccc(Cl)cc1)Nc1nc(-c2ccccc2Cl)cs1. The van der Waals surface area contributed by atoms with E-state index in [1.165, 1.54) is 17.4 Å². The van der Waals surface area contributed by atoms with Crippen LogP contribution in [0.1, 0.15) is 5.56 Å². The van der Waals surface area contributed by atoms with Crippen molar-refractivity contribution in [2.24, 2.45) is 0 Å². The lowest BCUT2D eigenvalue weighted by Gasteiger charge is -1.99. The molecule has 0 bridgehead atoms. The molecule has 2 aromatic carbocycles. The monoisotopic (exact) mass is 374 g/mol. The van der Waals surface area contributed by atoms with Crippen molar-refractivity contribution in [3.63, 3.8) is 0 Å². The zero-order chi connectivity index (χ0) is 16.9. The molecule has 0 saturated heterocycles. The second-order valence-electron chi connectivity index (χ2n) is 4.89. The zero-order valence-electron chi connectivity index (χ0n) is 12.4. The van der Waals surface area contributed by atoms with Gasteiger partial charge >= 0.3 is 0 Å². The van der Waals surface area contributed by atoms with Crippen molar-refractivity contribution >= 4 is 51.7 Å². The average molecular weight is 375 g/mol. The van der Waals surface area contributed by atoms with Gasteiger partial charge in [-0.1, -0.05) is 53.5 Å². The Kier molecular flexibility index (Phi) is 5.30. The second kappa shape index (κ2) is 7.62. The molecule has 1 N–H and O–H groups in total. The molecule has 0 aliphatic heterocycles. The minimum atomic E-state index is -0.245. The van der Waals surface area contributed by atoms with Crippen LogP contribution in [0.5, 0.6) is 0 Å². The number of anilines is 1. The van der Waals surface area contributed by atoms with Gasteiger partial charge in [0.2, 0.25) is 5.91 Å². The Morgan fingerprint density at radius 2 is 1.83 bits per heavy atom. The largest absolute Gasteiger partial charge is 0.298 e. The molecule has 1 heterocycles. The third-order valence-electron chi connectivity index (χ3n) is 3.18. The first kappa shape index (κ1) is 16.7. The molecule has 0 aliphatic rings. The van der Waals surface area contributed by atoms with Crippen LogP contribution in [0, 0.1) is 0 Å². The Morgan fingerprint density at radius 3 is 2.58 bits per heavy atom. The van der Waals surface area contributed by atoms with Gasteiger partial charge in [0.25, 0.3) is 0 Å². The Bertz CT molecular complexity index is 888. The van der Waals surface area contributed by atoms with Crippen LogP contribution in [-0.2, 0) is 4.79 Å². The molecule has 3 nitrogen and oxygen atoms in total. The number of carbonyl (C=O) groups excluding carboxylic acids is 1. The number of thiazole rings is 1. The van der Waals surface area contributed by atoms with Gasteiger partial charge in [0, 0.05) is 27.1 Å². The lowest BCUT2D eigenvalue weighted by atomic mass is 10.2. The van der Waals surface area contributed by atoms with E-state index in [2.05, 4.69) is 10.3 Å². The molecule has 0 fully saturated rings. The highest BCUT2D eigenvalue weighted by atomic mass is 35.5. The highest BCUT2D eigenvalue weighted by Gasteiger charge is 2.08. The maximum atomic E-state index is 12.0. The van der Waals surface area contributed by atoms with Crippen molar-refractivity contribution < 1.29 is 4.79 Å². The quantitative estimate of drug-likeness (QED) is 0.589. The van der Waals surface area contributed by atoms with E-state index in [1.807, 2.05) is 41.8 Å². The van der Waals surface area contributed by atoms with Gasteiger partial charge < -0.3 is 0 Å². The topological polar surface area (TPSA) is 42.0 Å². The molecule has 6 heteroatoms. The number of nitrogens with zero attached hydrogens (tertiary/aromatic N) is 1. The highest BCUT2D eigenvalue weighted by Crippen LogP contribution is 2.30. The van der Waals surface area contributed by atoms with Crippen LogP contribution < -0.4 is 5.32 Å². The number of rotatable bonds is 4. The van der Waals surface area contributed by atoms with Gasteiger partial charge in [-0.2, -0.15) is 0 Å². The predicted octanol–water partition coefficient (Wildman–Crippen LogP) is 5.77. The van der Waals surface area contributed by atoms with Gasteiger partial charge in [0.15, 0.2) is 5.13 Å². The lowest BCUT2D eigenvalue weighted by molar-refractivity contribution is -0.111. The number of aromatic nitrogens is 1. The van der Waals surface area contributed by atoms with E-state index in [0.29, 0.717) is 15.2 Å². The van der Waals surface area contributed by atoms with Crippen molar-refractivity contribution in [2.45, 2.75) is 0 Å². The number of hydrogen-bond acceptors (Lipinski definition) is 3. The summed E-state index contributed by atoms with van der Waals surface area (Å²) in [7, 11) is 0. The predicted molar refractivity (Wildman–Crippen MR) is 102 cm³/mol. The van der Waals surface area contributed by atoms with Gasteiger partial charge in [-0.05, 0) is 29.8 Å². The molecule has 0 atom stereocenters. The highest BCUT2D eigenvalue weighted by molar-refractivity contribution is 7.14. The van der Waals surface area contributed by atoms with Crippen molar-refractivity contribution in [2.75, 3.05) is 5.32 Å². The van der Waals surface area contributed by atoms with Crippen LogP contribution in [0.3, 0.4) is 0 Å². The maximum Gasteiger partial charge on any atom is 0.250 e. The van der Waals surface area contributed by atoms with Gasteiger partial charge in [-0.15, -0.1) is 11.3 Å². The Balaban J connectivity index is 1.67. The van der Waals surface area contributed by atoms with E-state index in [0.717, 1.165) is 16.8 Å². The van der Waals surface area contributed by atoms with Crippen LogP contribution in [0.15, 0.2) is 60.0 Å². The van der Waals surface area contributed by atoms with Gasteiger partial charge in [0.1, 0.15) is 0 Å². The molecule has 3 aromatic rings. The summed E-state index contributed by atoms with van der Waals surface area (Å²) in [4.78, 5) is 16.4. The van der Waals surface area contributed by atoms with Crippen LogP contribution >= 0.6 is 34.5 Å². The lowest BCUT2D eigenvalue weighted by Crippen LogP contribution is -2.07. The fraction of sp³-hybridized carbons (Fsp3) is 0. The smallest absolute Gasteiger partial charge is 0.250 e. The van der Waals surface area contributed by atoms with E-state index >= 15 is 0 Å². The minimum absolute atomic E-state index is 0.245. The molecule has 0 unspecified atom stereocenters. The normalized spacial score (nSPS) is 10.9. The van der Waals surface area contributed by atoms with Crippen molar-refractivity contribution in [3.8, 4) is 11.3 Å². The molecular weight excluding hydrogens is 363 g/mol. The van der Waals surface area contributed by atoms with E-state index in [1.54, 1.807) is 18.2 Å². The van der Waals surface area contributed by atoms with Crippen molar-refractivity contribution in [1.82, 2.24) is 4.98 Å². The summed E-state index contributed by atoms with van der Waals surface area (Å²) in [5, 5.41) is 6.42. The zero-order valence-corrected chi connectivity index (χ0v) is 14.7. The van der Waals surface area contributed by atoms with Crippen molar-refractivity contribution in [3.05, 3.63) is 75.6 Å². The van der Waals surface area contributed by atoms with Gasteiger partial charge in [0.05, 0.1) is 5.69 Å². The summed E-state index contributed by atoms with van der Waals surface area (Å²) in [5.74, 6) is -0.245. The number of halogens is 2. The summed E-state index contributed by atoms with van der Waals surface area (Å²) >= 11 is 13.3. The first-order valence-corrected chi connectivity index (χ1v) is 8.70. The maximum absolute atomic E-state index is 12.0. The third-order valence-corrected chi connectivity index (χ3v) is 4.52. The Morgan fingerprint density at radius 1 is 1.08 bits per heavy atom. The third kappa shape index (κ3) is 4.23. The number of hydrogen-bond donors (Lipinski definition) is 1. The molecule has 1 aromatic heterocycles. The van der Waals surface area contributed by atoms with Crippen molar-refractivity contribution in [1.29, 1.82) is 0 Å². The van der Waals surface area contributed by atoms with E-state index in [-0.39, 0.29) is 5.91 Å². The number of benzene rings is 2. The molecule has 120 valence electrons. The Hall–Kier alpha value is -2.14. The van der Waals surface area contributed by atoms with Crippen LogP contribution in [0.25, 0.3) is 17.3 Å². The summed E-state index contributed by atoms with van der Waals surface area (Å²) in [6.45, 7) is 0. The van der Waals surface area contributed by atoms with E-state index in [4.69, 9.17) is 23.2 Å². The van der Waals surface area contributed by atoms with Gasteiger partial charge in [-0.25, -0.2) is 4.98 Å². The fourth-order valence-corrected chi connectivity index (χ4v) is 3.09. The Labute approximate surface area is 153 Å². The molecular formula is C18H12Cl2N2OS. The summed E-state index contributed by atoms with van der Waals surface area (Å²) < 4.78 is 0. The van der Waals surface area contributed by atoms with Crippen LogP contribution in [0.4, 0.5) is 5.13 Å².